The fraction of sp³-hybridized carbons (Fsp3) is 0.500. The number of aromatic nitrogens is 4. The predicted molar refractivity (Wildman–Crippen MR) is 119 cm³/mol. The van der Waals surface area contributed by atoms with Crippen LogP contribution in [0.3, 0.4) is 0 Å². The Morgan fingerprint density at radius 1 is 1.38 bits per heavy atom. The van der Waals surface area contributed by atoms with Gasteiger partial charge in [-0.2, -0.15) is 5.10 Å². The van der Waals surface area contributed by atoms with Crippen LogP contribution in [-0.4, -0.2) is 31.4 Å². The van der Waals surface area contributed by atoms with Gasteiger partial charge in [-0.25, -0.2) is 9.67 Å². The molecule has 0 spiro atoms. The fourth-order valence-electron chi connectivity index (χ4n) is 3.63. The Kier molecular flexibility index (Phi) is 6.05. The molecule has 0 saturated heterocycles. The van der Waals surface area contributed by atoms with Crippen molar-refractivity contribution in [2.45, 2.75) is 51.8 Å². The van der Waals surface area contributed by atoms with Crippen LogP contribution in [-0.2, 0) is 29.9 Å². The monoisotopic (exact) mass is 431 g/mol. The van der Waals surface area contributed by atoms with Gasteiger partial charge in [-0.15, -0.1) is 23.1 Å². The lowest BCUT2D eigenvalue weighted by Gasteiger charge is -2.10. The van der Waals surface area contributed by atoms with E-state index < -0.39 is 0 Å². The lowest BCUT2D eigenvalue weighted by molar-refractivity contribution is -0.113. The topological polar surface area (TPSA) is 92.7 Å². The number of thiophene rings is 1. The number of nitrogens with zero attached hydrogens (tertiary/aromatic N) is 3. The summed E-state index contributed by atoms with van der Waals surface area (Å²) in [4.78, 5) is 34.6. The third-order valence-corrected chi connectivity index (χ3v) is 7.00. The van der Waals surface area contributed by atoms with Gasteiger partial charge in [0.2, 0.25) is 5.91 Å². The Balaban J connectivity index is 1.37. The molecule has 3 aromatic rings. The largest absolute Gasteiger partial charge is 0.310 e. The number of nitrogens with one attached hydrogen (secondary N) is 2. The van der Waals surface area contributed by atoms with E-state index in [1.807, 2.05) is 0 Å². The highest BCUT2D eigenvalue weighted by Crippen LogP contribution is 2.33. The summed E-state index contributed by atoms with van der Waals surface area (Å²) >= 11 is 3.09. The summed E-state index contributed by atoms with van der Waals surface area (Å²) in [5, 5.41) is 7.93. The smallest absolute Gasteiger partial charge is 0.259 e. The van der Waals surface area contributed by atoms with Gasteiger partial charge >= 0.3 is 0 Å². The van der Waals surface area contributed by atoms with E-state index in [1.165, 1.54) is 28.6 Å². The van der Waals surface area contributed by atoms with Crippen LogP contribution >= 0.6 is 23.1 Å². The molecule has 0 saturated carbocycles. The molecule has 1 amide bonds. The number of H-pyrrole nitrogens is 1. The second kappa shape index (κ2) is 8.71. The molecular formula is C20H25N5O2S2. The molecule has 3 aromatic heterocycles. The maximum absolute atomic E-state index is 12.6. The zero-order valence-corrected chi connectivity index (χ0v) is 18.3. The molecule has 0 radical (unpaired) electrons. The van der Waals surface area contributed by atoms with E-state index in [-0.39, 0.29) is 17.2 Å². The molecule has 0 atom stereocenters. The predicted octanol–water partition coefficient (Wildman–Crippen LogP) is 3.59. The maximum atomic E-state index is 12.6. The van der Waals surface area contributed by atoms with Crippen LogP contribution in [0.1, 0.15) is 43.0 Å². The first-order valence-electron chi connectivity index (χ1n) is 9.94. The number of carbonyl (C=O) groups excluding carboxylic acids is 1. The van der Waals surface area contributed by atoms with E-state index >= 15 is 0 Å². The van der Waals surface area contributed by atoms with Crippen LogP contribution in [0.2, 0.25) is 0 Å². The van der Waals surface area contributed by atoms with Crippen LogP contribution in [0.4, 0.5) is 5.82 Å². The minimum Gasteiger partial charge on any atom is -0.310 e. The molecule has 1 aliphatic rings. The molecule has 3 heterocycles. The molecule has 154 valence electrons. The Bertz CT molecular complexity index is 1080. The van der Waals surface area contributed by atoms with Gasteiger partial charge < -0.3 is 10.3 Å². The molecule has 0 fully saturated rings. The van der Waals surface area contributed by atoms with Gasteiger partial charge in [0.15, 0.2) is 0 Å². The number of amides is 1. The molecule has 2 N–H and O–H groups in total. The lowest BCUT2D eigenvalue weighted by atomic mass is 9.97. The number of aryl methyl sites for hydroxylation is 2. The van der Waals surface area contributed by atoms with Crippen molar-refractivity contribution in [2.24, 2.45) is 5.92 Å². The molecule has 0 bridgehead atoms. The number of thioether (sulfide) groups is 1. The van der Waals surface area contributed by atoms with E-state index in [1.54, 1.807) is 28.3 Å². The third-order valence-electron chi connectivity index (χ3n) is 4.87. The summed E-state index contributed by atoms with van der Waals surface area (Å²) < 4.78 is 1.80. The minimum absolute atomic E-state index is 0.0490. The van der Waals surface area contributed by atoms with Crippen LogP contribution in [0.15, 0.2) is 17.1 Å². The second-order valence-corrected chi connectivity index (χ2v) is 9.81. The number of fused-ring (bicyclic) bond motifs is 3. The SMILES string of the molecule is CC(C)Cn1nccc1NC(=O)CSCc1nc2sc3c(c2c(=O)[nH]1)CCCC3. The van der Waals surface area contributed by atoms with E-state index in [0.29, 0.717) is 23.3 Å². The zero-order valence-electron chi connectivity index (χ0n) is 16.7. The molecule has 29 heavy (non-hydrogen) atoms. The molecule has 0 aliphatic heterocycles. The van der Waals surface area contributed by atoms with Crippen molar-refractivity contribution in [1.82, 2.24) is 19.7 Å². The van der Waals surface area contributed by atoms with Gasteiger partial charge in [0.1, 0.15) is 16.5 Å². The highest BCUT2D eigenvalue weighted by molar-refractivity contribution is 7.99. The summed E-state index contributed by atoms with van der Waals surface area (Å²) in [5.74, 6) is 2.48. The number of carbonyl (C=O) groups is 1. The number of hydrogen-bond donors (Lipinski definition) is 2. The molecular weight excluding hydrogens is 406 g/mol. The summed E-state index contributed by atoms with van der Waals surface area (Å²) in [6, 6.07) is 1.80. The van der Waals surface area contributed by atoms with Gasteiger partial charge in [0, 0.05) is 17.5 Å². The van der Waals surface area contributed by atoms with Crippen molar-refractivity contribution in [1.29, 1.82) is 0 Å². The molecule has 7 nitrogen and oxygen atoms in total. The van der Waals surface area contributed by atoms with E-state index in [9.17, 15) is 9.59 Å². The molecule has 1 aliphatic carbocycles. The average molecular weight is 432 g/mol. The summed E-state index contributed by atoms with van der Waals surface area (Å²) in [6.07, 6.45) is 6.04. The van der Waals surface area contributed by atoms with Crippen LogP contribution in [0.25, 0.3) is 10.2 Å². The second-order valence-electron chi connectivity index (χ2n) is 7.74. The lowest BCUT2D eigenvalue weighted by Crippen LogP contribution is -2.19. The third kappa shape index (κ3) is 4.56. The van der Waals surface area contributed by atoms with Gasteiger partial charge in [0.05, 0.1) is 23.1 Å². The maximum Gasteiger partial charge on any atom is 0.259 e. The first kappa shape index (κ1) is 20.2. The first-order valence-corrected chi connectivity index (χ1v) is 11.9. The van der Waals surface area contributed by atoms with Crippen molar-refractivity contribution in [3.63, 3.8) is 0 Å². The van der Waals surface area contributed by atoms with Gasteiger partial charge in [0.25, 0.3) is 5.56 Å². The summed E-state index contributed by atoms with van der Waals surface area (Å²) in [6.45, 7) is 4.97. The van der Waals surface area contributed by atoms with Crippen LogP contribution in [0, 0.1) is 5.92 Å². The van der Waals surface area contributed by atoms with Crippen molar-refractivity contribution >= 4 is 45.0 Å². The summed E-state index contributed by atoms with van der Waals surface area (Å²) in [7, 11) is 0. The molecule has 4 rings (SSSR count). The number of hydrogen-bond acceptors (Lipinski definition) is 6. The number of aromatic amines is 1. The molecule has 0 aromatic carbocycles. The normalized spacial score (nSPS) is 13.8. The molecule has 9 heteroatoms. The van der Waals surface area contributed by atoms with Crippen molar-refractivity contribution in [2.75, 3.05) is 11.1 Å². The Morgan fingerprint density at radius 3 is 3.03 bits per heavy atom. The van der Waals surface area contributed by atoms with Crippen LogP contribution < -0.4 is 10.9 Å². The minimum atomic E-state index is -0.0875. The molecule has 0 unspecified atom stereocenters. The quantitative estimate of drug-likeness (QED) is 0.596. The van der Waals surface area contributed by atoms with E-state index in [4.69, 9.17) is 0 Å². The van der Waals surface area contributed by atoms with Gasteiger partial charge in [-0.3, -0.25) is 9.59 Å². The van der Waals surface area contributed by atoms with E-state index in [0.717, 1.165) is 36.0 Å². The van der Waals surface area contributed by atoms with E-state index in [2.05, 4.69) is 34.2 Å². The Morgan fingerprint density at radius 2 is 2.21 bits per heavy atom. The van der Waals surface area contributed by atoms with Crippen LogP contribution in [0.5, 0.6) is 0 Å². The zero-order chi connectivity index (χ0) is 20.4. The van der Waals surface area contributed by atoms with Gasteiger partial charge in [-0.1, -0.05) is 13.8 Å². The standard InChI is InChI=1S/C20H25N5O2S2/c1-12(2)9-25-16(7-8-21-25)24-17(26)11-28-10-15-22-19(27)18-13-5-3-4-6-14(13)29-20(18)23-15/h7-8,12H,3-6,9-11H2,1-2H3,(H,24,26)(H,22,23,27). The van der Waals surface area contributed by atoms with Crippen molar-refractivity contribution in [3.8, 4) is 0 Å². The Hall–Kier alpha value is -2.13. The first-order chi connectivity index (χ1) is 14.0. The number of rotatable bonds is 7. The van der Waals surface area contributed by atoms with Crippen molar-refractivity contribution in [3.05, 3.63) is 38.9 Å². The number of anilines is 1. The highest BCUT2D eigenvalue weighted by Gasteiger charge is 2.19. The van der Waals surface area contributed by atoms with Gasteiger partial charge in [-0.05, 0) is 37.2 Å². The fourth-order valence-corrected chi connectivity index (χ4v) is 5.60. The Labute approximate surface area is 177 Å². The van der Waals surface area contributed by atoms with Crippen molar-refractivity contribution < 1.29 is 4.79 Å². The summed E-state index contributed by atoms with van der Waals surface area (Å²) in [5.41, 5.74) is 1.15. The average Bonchev–Trinajstić information content (AvgIpc) is 3.25. The highest BCUT2D eigenvalue weighted by atomic mass is 32.2.